The van der Waals surface area contributed by atoms with Crippen molar-refractivity contribution < 1.29 is 14.7 Å². The van der Waals surface area contributed by atoms with Crippen molar-refractivity contribution in [3.05, 3.63) is 49.7 Å². The van der Waals surface area contributed by atoms with Gasteiger partial charge in [0.15, 0.2) is 0 Å². The molecule has 4 nitrogen and oxygen atoms in total. The van der Waals surface area contributed by atoms with Gasteiger partial charge in [0.05, 0.1) is 16.8 Å². The highest BCUT2D eigenvalue weighted by Crippen LogP contribution is 2.20. The number of hydrogen-bond acceptors (Lipinski definition) is 3. The van der Waals surface area contributed by atoms with Crippen LogP contribution in [0, 0.1) is 3.57 Å². The van der Waals surface area contributed by atoms with Gasteiger partial charge in [-0.05, 0) is 52.2 Å². The van der Waals surface area contributed by atoms with Crippen molar-refractivity contribution in [3.8, 4) is 0 Å². The van der Waals surface area contributed by atoms with Crippen molar-refractivity contribution in [2.75, 3.05) is 5.32 Å². The number of thiophene rings is 1. The van der Waals surface area contributed by atoms with Crippen molar-refractivity contribution in [1.29, 1.82) is 0 Å². The molecule has 0 saturated carbocycles. The molecule has 6 heteroatoms. The summed E-state index contributed by atoms with van der Waals surface area (Å²) in [7, 11) is 0. The number of carbonyl (C=O) groups is 2. The van der Waals surface area contributed by atoms with Crippen LogP contribution in [-0.4, -0.2) is 17.0 Å². The van der Waals surface area contributed by atoms with Gasteiger partial charge in [-0.2, -0.15) is 11.3 Å². The first-order valence-corrected chi connectivity index (χ1v) is 6.96. The zero-order valence-electron chi connectivity index (χ0n) is 9.01. The molecule has 92 valence electrons. The first-order chi connectivity index (χ1) is 8.58. The molecule has 0 spiro atoms. The lowest BCUT2D eigenvalue weighted by atomic mass is 10.1. The number of benzene rings is 1. The fourth-order valence-electron chi connectivity index (χ4n) is 1.39. The summed E-state index contributed by atoms with van der Waals surface area (Å²) in [6, 6.07) is 6.55. The monoisotopic (exact) mass is 373 g/mol. The number of carboxylic acids is 1. The van der Waals surface area contributed by atoms with E-state index in [4.69, 9.17) is 5.11 Å². The van der Waals surface area contributed by atoms with Gasteiger partial charge in [-0.3, -0.25) is 4.79 Å². The van der Waals surface area contributed by atoms with E-state index in [0.29, 0.717) is 11.3 Å². The average Bonchev–Trinajstić information content (AvgIpc) is 2.84. The molecule has 0 bridgehead atoms. The maximum absolute atomic E-state index is 11.8. The van der Waals surface area contributed by atoms with Crippen LogP contribution in [0.2, 0.25) is 0 Å². The summed E-state index contributed by atoms with van der Waals surface area (Å²) in [5, 5.41) is 15.2. The molecular weight excluding hydrogens is 365 g/mol. The normalized spacial score (nSPS) is 10.1. The van der Waals surface area contributed by atoms with Crippen LogP contribution < -0.4 is 5.32 Å². The molecule has 0 aliphatic carbocycles. The van der Waals surface area contributed by atoms with E-state index in [0.717, 1.165) is 3.57 Å². The van der Waals surface area contributed by atoms with E-state index >= 15 is 0 Å². The lowest BCUT2D eigenvalue weighted by Gasteiger charge is -2.08. The molecule has 2 N–H and O–H groups in total. The fourth-order valence-corrected chi connectivity index (χ4v) is 2.52. The predicted molar refractivity (Wildman–Crippen MR) is 78.4 cm³/mol. The third-order valence-corrected chi connectivity index (χ3v) is 3.60. The minimum Gasteiger partial charge on any atom is -0.478 e. The van der Waals surface area contributed by atoms with E-state index in [1.165, 1.54) is 17.4 Å². The van der Waals surface area contributed by atoms with E-state index in [2.05, 4.69) is 5.32 Å². The first-order valence-electron chi connectivity index (χ1n) is 4.94. The number of carboxylic acid groups (broad SMARTS) is 1. The van der Waals surface area contributed by atoms with Crippen molar-refractivity contribution >= 4 is 51.5 Å². The number of carbonyl (C=O) groups excluding carboxylic acids is 1. The Balaban J connectivity index is 2.29. The Labute approximate surface area is 121 Å². The van der Waals surface area contributed by atoms with Crippen LogP contribution in [-0.2, 0) is 0 Å². The van der Waals surface area contributed by atoms with Gasteiger partial charge in [-0.15, -0.1) is 0 Å². The fraction of sp³-hybridized carbons (Fsp3) is 0. The van der Waals surface area contributed by atoms with Crippen molar-refractivity contribution in [3.63, 3.8) is 0 Å². The van der Waals surface area contributed by atoms with Crippen LogP contribution in [0.3, 0.4) is 0 Å². The SMILES string of the molecule is O=C(Nc1ccc(I)cc1C(=O)O)c1ccsc1. The highest BCUT2D eigenvalue weighted by Gasteiger charge is 2.14. The summed E-state index contributed by atoms with van der Waals surface area (Å²) in [4.78, 5) is 22.9. The molecular formula is C12H8INO3S. The Morgan fingerprint density at radius 2 is 2.06 bits per heavy atom. The van der Waals surface area contributed by atoms with Crippen LogP contribution >= 0.6 is 33.9 Å². The number of nitrogens with one attached hydrogen (secondary N) is 1. The van der Waals surface area contributed by atoms with Crippen LogP contribution in [0.1, 0.15) is 20.7 Å². The molecule has 0 atom stereocenters. The summed E-state index contributed by atoms with van der Waals surface area (Å²) < 4.78 is 0.804. The molecule has 0 radical (unpaired) electrons. The van der Waals surface area contributed by atoms with Crippen LogP contribution in [0.15, 0.2) is 35.0 Å². The lowest BCUT2D eigenvalue weighted by molar-refractivity contribution is 0.0698. The van der Waals surface area contributed by atoms with Crippen molar-refractivity contribution in [2.45, 2.75) is 0 Å². The van der Waals surface area contributed by atoms with Gasteiger partial charge in [-0.25, -0.2) is 4.79 Å². The van der Waals surface area contributed by atoms with Gasteiger partial charge >= 0.3 is 5.97 Å². The molecule has 2 rings (SSSR count). The van der Waals surface area contributed by atoms with Crippen LogP contribution in [0.5, 0.6) is 0 Å². The summed E-state index contributed by atoms with van der Waals surface area (Å²) in [5.74, 6) is -1.37. The number of anilines is 1. The van der Waals surface area contributed by atoms with Crippen molar-refractivity contribution in [1.82, 2.24) is 0 Å². The number of amides is 1. The highest BCUT2D eigenvalue weighted by molar-refractivity contribution is 14.1. The Bertz CT molecular complexity index is 595. The molecule has 0 unspecified atom stereocenters. The zero-order chi connectivity index (χ0) is 13.1. The highest BCUT2D eigenvalue weighted by atomic mass is 127. The summed E-state index contributed by atoms with van der Waals surface area (Å²) in [6.07, 6.45) is 0. The number of rotatable bonds is 3. The number of aromatic carboxylic acids is 1. The Kier molecular flexibility index (Phi) is 3.97. The summed E-state index contributed by atoms with van der Waals surface area (Å²) >= 11 is 3.44. The maximum Gasteiger partial charge on any atom is 0.337 e. The first kappa shape index (κ1) is 13.0. The third kappa shape index (κ3) is 2.88. The predicted octanol–water partition coefficient (Wildman–Crippen LogP) is 3.30. The Morgan fingerprint density at radius 1 is 1.28 bits per heavy atom. The van der Waals surface area contributed by atoms with Gasteiger partial charge in [0.2, 0.25) is 0 Å². The number of hydrogen-bond donors (Lipinski definition) is 2. The summed E-state index contributed by atoms with van der Waals surface area (Å²) in [5.41, 5.74) is 0.916. The molecule has 1 aromatic carbocycles. The minimum absolute atomic E-state index is 0.0884. The maximum atomic E-state index is 11.8. The topological polar surface area (TPSA) is 66.4 Å². The van der Waals surface area contributed by atoms with Crippen LogP contribution in [0.25, 0.3) is 0 Å². The minimum atomic E-state index is -1.06. The van der Waals surface area contributed by atoms with Gasteiger partial charge in [-0.1, -0.05) is 0 Å². The lowest BCUT2D eigenvalue weighted by Crippen LogP contribution is -2.14. The van der Waals surface area contributed by atoms with E-state index in [1.54, 1.807) is 29.0 Å². The van der Waals surface area contributed by atoms with Crippen LogP contribution in [0.4, 0.5) is 5.69 Å². The summed E-state index contributed by atoms with van der Waals surface area (Å²) in [6.45, 7) is 0. The standard InChI is InChI=1S/C12H8INO3S/c13-8-1-2-10(9(5-8)12(16)17)14-11(15)7-3-4-18-6-7/h1-6H,(H,14,15)(H,16,17). The second-order valence-electron chi connectivity index (χ2n) is 3.46. The second kappa shape index (κ2) is 5.49. The number of halogens is 1. The molecule has 1 heterocycles. The molecule has 0 aliphatic heterocycles. The van der Waals surface area contributed by atoms with E-state index < -0.39 is 5.97 Å². The molecule has 1 amide bonds. The molecule has 0 fully saturated rings. The average molecular weight is 373 g/mol. The van der Waals surface area contributed by atoms with Gasteiger partial charge < -0.3 is 10.4 Å². The quantitative estimate of drug-likeness (QED) is 0.812. The third-order valence-electron chi connectivity index (χ3n) is 2.24. The Morgan fingerprint density at radius 3 is 2.67 bits per heavy atom. The van der Waals surface area contributed by atoms with Gasteiger partial charge in [0.25, 0.3) is 5.91 Å². The van der Waals surface area contributed by atoms with E-state index in [9.17, 15) is 9.59 Å². The Hall–Kier alpha value is -1.41. The molecule has 0 saturated heterocycles. The smallest absolute Gasteiger partial charge is 0.337 e. The second-order valence-corrected chi connectivity index (χ2v) is 5.49. The molecule has 2 aromatic rings. The zero-order valence-corrected chi connectivity index (χ0v) is 12.0. The largest absolute Gasteiger partial charge is 0.478 e. The van der Waals surface area contributed by atoms with E-state index in [-0.39, 0.29) is 11.5 Å². The molecule has 0 aliphatic rings. The van der Waals surface area contributed by atoms with E-state index in [1.807, 2.05) is 22.6 Å². The van der Waals surface area contributed by atoms with Crippen molar-refractivity contribution in [2.24, 2.45) is 0 Å². The molecule has 18 heavy (non-hydrogen) atoms. The van der Waals surface area contributed by atoms with Gasteiger partial charge in [0, 0.05) is 8.95 Å². The van der Waals surface area contributed by atoms with Gasteiger partial charge in [0.1, 0.15) is 0 Å². The molecule has 1 aromatic heterocycles.